The Morgan fingerprint density at radius 2 is 2.43 bits per heavy atom. The van der Waals surface area contributed by atoms with Gasteiger partial charge >= 0.3 is 0 Å². The fourth-order valence-corrected chi connectivity index (χ4v) is 1.85. The minimum absolute atomic E-state index is 0.0714. The normalized spacial score (nSPS) is 26.4. The molecule has 4 heteroatoms. The van der Waals surface area contributed by atoms with Crippen LogP contribution in [0, 0.1) is 0 Å². The third kappa shape index (κ3) is 3.92. The second kappa shape index (κ2) is 6.35. The summed E-state index contributed by atoms with van der Waals surface area (Å²) in [5.74, 6) is 0. The van der Waals surface area contributed by atoms with E-state index in [0.717, 1.165) is 26.1 Å². The number of likely N-dealkylation sites (tertiary alicyclic amines) is 1. The van der Waals surface area contributed by atoms with Crippen molar-refractivity contribution in [3.8, 4) is 0 Å². The van der Waals surface area contributed by atoms with Gasteiger partial charge in [0.05, 0.1) is 12.7 Å². The van der Waals surface area contributed by atoms with Crippen LogP contribution in [0.25, 0.3) is 0 Å². The summed E-state index contributed by atoms with van der Waals surface area (Å²) in [5.41, 5.74) is 5.65. The highest BCUT2D eigenvalue weighted by Gasteiger charge is 2.19. The van der Waals surface area contributed by atoms with Crippen LogP contribution >= 0.6 is 0 Å². The summed E-state index contributed by atoms with van der Waals surface area (Å²) < 4.78 is 5.33. The van der Waals surface area contributed by atoms with Gasteiger partial charge in [-0.2, -0.15) is 0 Å². The predicted molar refractivity (Wildman–Crippen MR) is 56.1 cm³/mol. The quantitative estimate of drug-likeness (QED) is 0.648. The van der Waals surface area contributed by atoms with Gasteiger partial charge in [-0.1, -0.05) is 0 Å². The van der Waals surface area contributed by atoms with Crippen LogP contribution in [-0.4, -0.2) is 55.5 Å². The number of hydrogen-bond donors (Lipinski definition) is 2. The third-order valence-corrected chi connectivity index (χ3v) is 2.85. The van der Waals surface area contributed by atoms with E-state index in [-0.39, 0.29) is 12.6 Å². The maximum Gasteiger partial charge on any atom is 0.0698 e. The van der Waals surface area contributed by atoms with Crippen LogP contribution < -0.4 is 5.73 Å². The van der Waals surface area contributed by atoms with Crippen molar-refractivity contribution in [1.82, 2.24) is 4.90 Å². The number of methoxy groups -OCH3 is 1. The first-order valence-corrected chi connectivity index (χ1v) is 5.38. The van der Waals surface area contributed by atoms with Crippen molar-refractivity contribution in [3.05, 3.63) is 0 Å². The van der Waals surface area contributed by atoms with E-state index >= 15 is 0 Å². The number of nitrogens with zero attached hydrogens (tertiary/aromatic N) is 1. The number of nitrogens with two attached hydrogens (primary N) is 1. The average molecular weight is 202 g/mol. The van der Waals surface area contributed by atoms with E-state index in [1.807, 2.05) is 0 Å². The molecule has 2 atom stereocenters. The number of piperidine rings is 1. The van der Waals surface area contributed by atoms with Crippen molar-refractivity contribution in [3.63, 3.8) is 0 Å². The fourth-order valence-electron chi connectivity index (χ4n) is 1.85. The highest BCUT2D eigenvalue weighted by molar-refractivity contribution is 4.74. The number of ether oxygens (including phenoxy) is 1. The highest BCUT2D eigenvalue weighted by Crippen LogP contribution is 2.12. The summed E-state index contributed by atoms with van der Waals surface area (Å²) in [7, 11) is 1.77. The minimum Gasteiger partial charge on any atom is -0.395 e. The van der Waals surface area contributed by atoms with Crippen LogP contribution in [0.5, 0.6) is 0 Å². The molecular weight excluding hydrogens is 180 g/mol. The number of hydrogen-bond acceptors (Lipinski definition) is 4. The summed E-state index contributed by atoms with van der Waals surface area (Å²) in [6.45, 7) is 3.20. The van der Waals surface area contributed by atoms with Gasteiger partial charge in [0.2, 0.25) is 0 Å². The second-order valence-electron chi connectivity index (χ2n) is 4.03. The van der Waals surface area contributed by atoms with E-state index in [1.165, 1.54) is 12.8 Å². The van der Waals surface area contributed by atoms with Gasteiger partial charge in [0, 0.05) is 19.7 Å². The Kier molecular flexibility index (Phi) is 5.40. The summed E-state index contributed by atoms with van der Waals surface area (Å²) in [4.78, 5) is 2.37. The van der Waals surface area contributed by atoms with Crippen LogP contribution in [0.3, 0.4) is 0 Å². The minimum atomic E-state index is -0.0714. The molecule has 14 heavy (non-hydrogen) atoms. The molecule has 1 rings (SSSR count). The Labute approximate surface area is 86.0 Å². The van der Waals surface area contributed by atoms with E-state index in [4.69, 9.17) is 15.6 Å². The first-order chi connectivity index (χ1) is 6.76. The lowest BCUT2D eigenvalue weighted by molar-refractivity contribution is 0.0299. The first-order valence-electron chi connectivity index (χ1n) is 5.38. The van der Waals surface area contributed by atoms with E-state index in [1.54, 1.807) is 7.11 Å². The van der Waals surface area contributed by atoms with Gasteiger partial charge in [0.25, 0.3) is 0 Å². The first kappa shape index (κ1) is 11.9. The molecule has 1 aliphatic heterocycles. The third-order valence-electron chi connectivity index (χ3n) is 2.85. The zero-order valence-electron chi connectivity index (χ0n) is 8.98. The summed E-state index contributed by atoms with van der Waals surface area (Å²) >= 11 is 0. The van der Waals surface area contributed by atoms with Gasteiger partial charge in [0.15, 0.2) is 0 Å². The van der Waals surface area contributed by atoms with Crippen molar-refractivity contribution in [2.24, 2.45) is 5.73 Å². The molecule has 0 amide bonds. The highest BCUT2D eigenvalue weighted by atomic mass is 16.5. The van der Waals surface area contributed by atoms with E-state index in [2.05, 4.69) is 4.90 Å². The molecule has 4 nitrogen and oxygen atoms in total. The largest absolute Gasteiger partial charge is 0.395 e. The van der Waals surface area contributed by atoms with E-state index < -0.39 is 0 Å². The van der Waals surface area contributed by atoms with E-state index in [9.17, 15) is 0 Å². The molecule has 1 heterocycles. The molecule has 84 valence electrons. The van der Waals surface area contributed by atoms with Crippen LogP contribution in [0.4, 0.5) is 0 Å². The Bertz CT molecular complexity index is 155. The maximum absolute atomic E-state index is 8.79. The molecule has 0 radical (unpaired) electrons. The summed E-state index contributed by atoms with van der Waals surface area (Å²) in [5, 5.41) is 8.79. The topological polar surface area (TPSA) is 58.7 Å². The van der Waals surface area contributed by atoms with Gasteiger partial charge in [-0.3, -0.25) is 0 Å². The number of rotatable bonds is 5. The second-order valence-corrected chi connectivity index (χ2v) is 4.03. The van der Waals surface area contributed by atoms with Crippen LogP contribution in [0.1, 0.15) is 19.3 Å². The summed E-state index contributed by atoms with van der Waals surface area (Å²) in [6, 6.07) is -0.0714. The molecule has 1 saturated heterocycles. The lowest BCUT2D eigenvalue weighted by Crippen LogP contribution is -2.41. The molecule has 2 unspecified atom stereocenters. The fraction of sp³-hybridized carbons (Fsp3) is 1.00. The van der Waals surface area contributed by atoms with Crippen molar-refractivity contribution in [1.29, 1.82) is 0 Å². The van der Waals surface area contributed by atoms with Crippen LogP contribution in [0.15, 0.2) is 0 Å². The standard InChI is InChI=1S/C10H22N2O2/c1-14-10-3-2-5-12(7-10)6-4-9(11)8-13/h9-10,13H,2-8,11H2,1H3. The molecule has 0 aliphatic carbocycles. The summed E-state index contributed by atoms with van der Waals surface area (Å²) in [6.07, 6.45) is 3.62. The lowest BCUT2D eigenvalue weighted by atomic mass is 10.1. The number of aliphatic hydroxyl groups excluding tert-OH is 1. The zero-order valence-corrected chi connectivity index (χ0v) is 8.98. The molecule has 0 bridgehead atoms. The molecule has 0 aromatic rings. The van der Waals surface area contributed by atoms with Crippen molar-refractivity contribution >= 4 is 0 Å². The van der Waals surface area contributed by atoms with E-state index in [0.29, 0.717) is 6.10 Å². The SMILES string of the molecule is COC1CCCN(CCC(N)CO)C1. The monoisotopic (exact) mass is 202 g/mol. The Hall–Kier alpha value is -0.160. The smallest absolute Gasteiger partial charge is 0.0698 e. The molecule has 3 N–H and O–H groups in total. The Morgan fingerprint density at radius 3 is 3.07 bits per heavy atom. The maximum atomic E-state index is 8.79. The molecule has 1 fully saturated rings. The van der Waals surface area contributed by atoms with Gasteiger partial charge in [-0.05, 0) is 32.4 Å². The molecule has 1 aliphatic rings. The average Bonchev–Trinajstić information content (AvgIpc) is 2.26. The van der Waals surface area contributed by atoms with Gasteiger partial charge in [0.1, 0.15) is 0 Å². The molecule has 0 spiro atoms. The number of aliphatic hydroxyl groups is 1. The zero-order chi connectivity index (χ0) is 10.4. The van der Waals surface area contributed by atoms with Crippen molar-refractivity contribution in [2.45, 2.75) is 31.4 Å². The van der Waals surface area contributed by atoms with Crippen LogP contribution in [0.2, 0.25) is 0 Å². The predicted octanol–water partition coefficient (Wildman–Crippen LogP) is -0.193. The molecular formula is C10H22N2O2. The van der Waals surface area contributed by atoms with Gasteiger partial charge < -0.3 is 20.5 Å². The van der Waals surface area contributed by atoms with Crippen LogP contribution in [-0.2, 0) is 4.74 Å². The Balaban J connectivity index is 2.17. The lowest BCUT2D eigenvalue weighted by Gasteiger charge is -2.32. The van der Waals surface area contributed by atoms with Crippen molar-refractivity contribution < 1.29 is 9.84 Å². The molecule has 0 aromatic carbocycles. The van der Waals surface area contributed by atoms with Gasteiger partial charge in [-0.15, -0.1) is 0 Å². The Morgan fingerprint density at radius 1 is 1.64 bits per heavy atom. The van der Waals surface area contributed by atoms with Gasteiger partial charge in [-0.25, -0.2) is 0 Å². The van der Waals surface area contributed by atoms with Crippen molar-refractivity contribution in [2.75, 3.05) is 33.4 Å². The molecule has 0 saturated carbocycles. The molecule has 0 aromatic heterocycles.